The van der Waals surface area contributed by atoms with Gasteiger partial charge in [-0.15, -0.1) is 0 Å². The fourth-order valence-electron chi connectivity index (χ4n) is 4.58. The first-order chi connectivity index (χ1) is 16.2. The molecule has 167 valence electrons. The first-order valence-corrected chi connectivity index (χ1v) is 11.4. The van der Waals surface area contributed by atoms with Gasteiger partial charge < -0.3 is 14.5 Å². The van der Waals surface area contributed by atoms with Crippen molar-refractivity contribution in [3.8, 4) is 5.75 Å². The largest absolute Gasteiger partial charge is 0.487 e. The summed E-state index contributed by atoms with van der Waals surface area (Å²) in [6.07, 6.45) is 2.12. The van der Waals surface area contributed by atoms with Gasteiger partial charge in [0.25, 0.3) is 5.91 Å². The average Bonchev–Trinajstić information content (AvgIpc) is 3.54. The van der Waals surface area contributed by atoms with Crippen molar-refractivity contribution in [2.75, 3.05) is 37.6 Å². The SMILES string of the molecule is O=C(C1=NC=C[B]1)N1CCN(C2CC(=O)N(c3ccccc3OCc3ccccc3)C2)CC1. The smallest absolute Gasteiger partial charge is 0.258 e. The van der Waals surface area contributed by atoms with Crippen LogP contribution in [0.1, 0.15) is 12.0 Å². The van der Waals surface area contributed by atoms with Crippen LogP contribution in [0, 0.1) is 0 Å². The molecule has 0 N–H and O–H groups in total. The van der Waals surface area contributed by atoms with E-state index < -0.39 is 0 Å². The van der Waals surface area contributed by atoms with E-state index in [1.165, 1.54) is 0 Å². The highest BCUT2D eigenvalue weighted by molar-refractivity contribution is 6.93. The van der Waals surface area contributed by atoms with Crippen molar-refractivity contribution >= 4 is 30.4 Å². The monoisotopic (exact) mass is 441 g/mol. The van der Waals surface area contributed by atoms with Crippen LogP contribution >= 0.6 is 0 Å². The molecule has 0 saturated carbocycles. The third kappa shape index (κ3) is 4.71. The molecule has 0 spiro atoms. The van der Waals surface area contributed by atoms with Gasteiger partial charge in [0.2, 0.25) is 13.2 Å². The fraction of sp³-hybridized carbons (Fsp3) is 0.320. The van der Waals surface area contributed by atoms with E-state index in [1.54, 1.807) is 19.5 Å². The summed E-state index contributed by atoms with van der Waals surface area (Å²) in [5.41, 5.74) is 2.40. The van der Waals surface area contributed by atoms with Gasteiger partial charge >= 0.3 is 0 Å². The molecule has 2 saturated heterocycles. The lowest BCUT2D eigenvalue weighted by molar-refractivity contribution is -0.126. The maximum absolute atomic E-state index is 13.0. The summed E-state index contributed by atoms with van der Waals surface area (Å²) in [4.78, 5) is 35.6. The predicted octanol–water partition coefficient (Wildman–Crippen LogP) is 2.10. The van der Waals surface area contributed by atoms with Crippen molar-refractivity contribution in [1.29, 1.82) is 0 Å². The van der Waals surface area contributed by atoms with Gasteiger partial charge in [-0.05, 0) is 17.7 Å². The Morgan fingerprint density at radius 1 is 1.03 bits per heavy atom. The molecule has 33 heavy (non-hydrogen) atoms. The summed E-state index contributed by atoms with van der Waals surface area (Å²) in [7, 11) is 1.75. The lowest BCUT2D eigenvalue weighted by atomic mass is 9.73. The van der Waals surface area contributed by atoms with Crippen molar-refractivity contribution < 1.29 is 14.3 Å². The van der Waals surface area contributed by atoms with Crippen molar-refractivity contribution in [1.82, 2.24) is 9.80 Å². The number of ether oxygens (including phenoxy) is 1. The highest BCUT2D eigenvalue weighted by Crippen LogP contribution is 2.33. The number of carbonyl (C=O) groups is 2. The number of anilines is 1. The standard InChI is InChI=1S/C25H26BN4O3/c31-23-16-20(28-12-14-29(15-13-28)25(32)24-26-10-11-27-24)17-30(23)21-8-4-5-9-22(21)33-18-19-6-2-1-3-7-19/h1-11,20H,12-18H2. The number of nitrogens with zero attached hydrogens (tertiary/aromatic N) is 4. The molecule has 2 fully saturated rings. The molecule has 0 bridgehead atoms. The first kappa shape index (κ1) is 21.5. The number of piperazine rings is 1. The molecule has 5 rings (SSSR count). The molecule has 3 aliphatic heterocycles. The molecule has 2 aromatic carbocycles. The molecule has 7 nitrogen and oxygen atoms in total. The highest BCUT2D eigenvalue weighted by Gasteiger charge is 2.37. The van der Waals surface area contributed by atoms with Crippen LogP contribution in [0.25, 0.3) is 0 Å². The summed E-state index contributed by atoms with van der Waals surface area (Å²) in [6, 6.07) is 17.9. The van der Waals surface area contributed by atoms with Crippen LogP contribution in [-0.2, 0) is 16.2 Å². The second-order valence-electron chi connectivity index (χ2n) is 8.45. The Morgan fingerprint density at radius 2 is 1.79 bits per heavy atom. The first-order valence-electron chi connectivity index (χ1n) is 11.4. The number of hydrogen-bond donors (Lipinski definition) is 0. The van der Waals surface area contributed by atoms with Crippen molar-refractivity contribution in [2.45, 2.75) is 19.1 Å². The molecule has 0 aliphatic carbocycles. The van der Waals surface area contributed by atoms with Gasteiger partial charge in [0.1, 0.15) is 12.4 Å². The zero-order chi connectivity index (χ0) is 22.6. The summed E-state index contributed by atoms with van der Waals surface area (Å²) in [5, 5.41) is 0. The van der Waals surface area contributed by atoms with Crippen LogP contribution in [-0.4, -0.2) is 73.3 Å². The second-order valence-corrected chi connectivity index (χ2v) is 8.45. The molecule has 3 heterocycles. The van der Waals surface area contributed by atoms with E-state index in [-0.39, 0.29) is 17.9 Å². The Hall–Kier alpha value is -3.39. The molecule has 0 aromatic heterocycles. The Labute approximate surface area is 194 Å². The Balaban J connectivity index is 1.20. The zero-order valence-electron chi connectivity index (χ0n) is 18.5. The van der Waals surface area contributed by atoms with Crippen LogP contribution in [0.3, 0.4) is 0 Å². The quantitative estimate of drug-likeness (QED) is 0.645. The van der Waals surface area contributed by atoms with Crippen LogP contribution in [0.15, 0.2) is 71.8 Å². The topological polar surface area (TPSA) is 65.5 Å². The molecule has 1 radical (unpaired) electrons. The number of carbonyl (C=O) groups excluding carboxylic acids is 2. The molecule has 2 aromatic rings. The lowest BCUT2D eigenvalue weighted by Crippen LogP contribution is -2.54. The van der Waals surface area contributed by atoms with Gasteiger partial charge in [-0.2, -0.15) is 0 Å². The van der Waals surface area contributed by atoms with Crippen LogP contribution < -0.4 is 9.64 Å². The normalized spacial score (nSPS) is 20.7. The number of hydrogen-bond acceptors (Lipinski definition) is 5. The molecule has 1 atom stereocenters. The second kappa shape index (κ2) is 9.62. The minimum atomic E-state index is -0.0201. The number of amides is 2. The molecule has 2 amide bonds. The molecule has 1 unspecified atom stereocenters. The van der Waals surface area contributed by atoms with E-state index >= 15 is 0 Å². The molecular formula is C25H26BN4O3. The minimum absolute atomic E-state index is 0.0201. The maximum Gasteiger partial charge on any atom is 0.258 e. The van der Waals surface area contributed by atoms with E-state index in [1.807, 2.05) is 64.4 Å². The maximum atomic E-state index is 13.0. The van der Waals surface area contributed by atoms with Crippen LogP contribution in [0.4, 0.5) is 5.69 Å². The van der Waals surface area contributed by atoms with Crippen LogP contribution in [0.2, 0.25) is 0 Å². The minimum Gasteiger partial charge on any atom is -0.487 e. The average molecular weight is 441 g/mol. The van der Waals surface area contributed by atoms with E-state index in [9.17, 15) is 9.59 Å². The lowest BCUT2D eigenvalue weighted by Gasteiger charge is -2.37. The summed E-state index contributed by atoms with van der Waals surface area (Å²) in [5.74, 6) is 2.58. The van der Waals surface area contributed by atoms with Crippen LogP contribution in [0.5, 0.6) is 5.75 Å². The van der Waals surface area contributed by atoms with Gasteiger partial charge in [0, 0.05) is 51.4 Å². The molecule has 8 heteroatoms. The predicted molar refractivity (Wildman–Crippen MR) is 128 cm³/mol. The summed E-state index contributed by atoms with van der Waals surface area (Å²) >= 11 is 0. The van der Waals surface area contributed by atoms with E-state index in [0.717, 1.165) is 24.3 Å². The number of rotatable bonds is 6. The van der Waals surface area contributed by atoms with Gasteiger partial charge in [-0.25, -0.2) is 0 Å². The number of aliphatic imine (C=N–C) groups is 1. The van der Waals surface area contributed by atoms with Crippen molar-refractivity contribution in [3.05, 3.63) is 72.3 Å². The van der Waals surface area contributed by atoms with Gasteiger partial charge in [0.15, 0.2) is 0 Å². The fourth-order valence-corrected chi connectivity index (χ4v) is 4.58. The number of benzene rings is 2. The van der Waals surface area contributed by atoms with E-state index in [2.05, 4.69) is 9.89 Å². The van der Waals surface area contributed by atoms with Crippen molar-refractivity contribution in [3.63, 3.8) is 0 Å². The summed E-state index contributed by atoms with van der Waals surface area (Å²) in [6.45, 7) is 3.88. The van der Waals surface area contributed by atoms with Gasteiger partial charge in [-0.3, -0.25) is 19.5 Å². The van der Waals surface area contributed by atoms with Crippen molar-refractivity contribution in [2.24, 2.45) is 4.99 Å². The van der Waals surface area contributed by atoms with E-state index in [0.29, 0.717) is 44.0 Å². The number of para-hydroxylation sites is 2. The van der Waals surface area contributed by atoms with Gasteiger partial charge in [0.05, 0.1) is 11.3 Å². The van der Waals surface area contributed by atoms with E-state index in [4.69, 9.17) is 4.74 Å². The molecule has 3 aliphatic rings. The third-order valence-corrected chi connectivity index (χ3v) is 6.39. The zero-order valence-corrected chi connectivity index (χ0v) is 18.5. The Bertz CT molecular complexity index is 1080. The third-order valence-electron chi connectivity index (χ3n) is 6.39. The summed E-state index contributed by atoms with van der Waals surface area (Å²) < 4.78 is 6.08. The molecular weight excluding hydrogens is 415 g/mol. The Kier molecular flexibility index (Phi) is 6.26. The van der Waals surface area contributed by atoms with Gasteiger partial charge in [-0.1, -0.05) is 48.4 Å². The Morgan fingerprint density at radius 3 is 2.55 bits per heavy atom. The highest BCUT2D eigenvalue weighted by atomic mass is 16.5.